The maximum atomic E-state index is 13.8. The predicted molar refractivity (Wildman–Crippen MR) is 155 cm³/mol. The van der Waals surface area contributed by atoms with Crippen molar-refractivity contribution in [2.24, 2.45) is 4.99 Å². The van der Waals surface area contributed by atoms with E-state index in [-0.39, 0.29) is 12.2 Å². The summed E-state index contributed by atoms with van der Waals surface area (Å²) in [6, 6.07) is 15.9. The van der Waals surface area contributed by atoms with E-state index in [1.165, 1.54) is 11.3 Å². The second kappa shape index (κ2) is 10.9. The van der Waals surface area contributed by atoms with Crippen LogP contribution in [0.5, 0.6) is 0 Å². The van der Waals surface area contributed by atoms with Crippen LogP contribution in [-0.4, -0.2) is 31.2 Å². The number of fused-ring (bicyclic) bond motifs is 1. The van der Waals surface area contributed by atoms with Gasteiger partial charge in [0.25, 0.3) is 5.56 Å². The van der Waals surface area contributed by atoms with Crippen LogP contribution in [0.25, 0.3) is 17.4 Å². The Morgan fingerprint density at radius 2 is 1.87 bits per heavy atom. The molecule has 2 aromatic heterocycles. The summed E-state index contributed by atoms with van der Waals surface area (Å²) in [7, 11) is 3.90. The van der Waals surface area contributed by atoms with Crippen LogP contribution in [0, 0.1) is 0 Å². The number of esters is 1. The molecule has 0 N–H and O–H groups in total. The lowest BCUT2D eigenvalue weighted by Gasteiger charge is -2.25. The average molecular weight is 583 g/mol. The Morgan fingerprint density at radius 3 is 2.54 bits per heavy atom. The number of halogens is 2. The molecule has 0 radical (unpaired) electrons. The summed E-state index contributed by atoms with van der Waals surface area (Å²) in [5.74, 6) is 0.591. The van der Waals surface area contributed by atoms with Gasteiger partial charge in [0.1, 0.15) is 11.5 Å². The number of nitrogens with zero attached hydrogens (tertiary/aromatic N) is 3. The third kappa shape index (κ3) is 5.20. The van der Waals surface area contributed by atoms with Crippen LogP contribution in [0.1, 0.15) is 31.2 Å². The van der Waals surface area contributed by atoms with Gasteiger partial charge in [-0.3, -0.25) is 9.36 Å². The molecule has 7 nitrogen and oxygen atoms in total. The molecule has 5 rings (SSSR count). The van der Waals surface area contributed by atoms with Gasteiger partial charge in [0, 0.05) is 31.4 Å². The lowest BCUT2D eigenvalue weighted by molar-refractivity contribution is -0.139. The van der Waals surface area contributed by atoms with E-state index in [2.05, 4.69) is 4.99 Å². The van der Waals surface area contributed by atoms with Crippen molar-refractivity contribution in [3.63, 3.8) is 0 Å². The summed E-state index contributed by atoms with van der Waals surface area (Å²) in [6.45, 7) is 3.73. The molecule has 39 heavy (non-hydrogen) atoms. The van der Waals surface area contributed by atoms with E-state index < -0.39 is 12.0 Å². The quantitative estimate of drug-likeness (QED) is 0.284. The SMILES string of the molecule is CCOC(=O)C1=C(C)N=c2s/c(=C\c3ccc(-c4ccc(Cl)c(Cl)c4)o3)c(=O)n2[C@H]1c1ccc(N(C)C)cc1. The molecule has 3 heterocycles. The van der Waals surface area contributed by atoms with E-state index in [1.54, 1.807) is 48.8 Å². The minimum absolute atomic E-state index is 0.214. The fourth-order valence-electron chi connectivity index (χ4n) is 4.43. The number of anilines is 1. The number of aromatic nitrogens is 1. The maximum Gasteiger partial charge on any atom is 0.338 e. The first-order chi connectivity index (χ1) is 18.7. The maximum absolute atomic E-state index is 13.8. The Balaban J connectivity index is 1.62. The first-order valence-electron chi connectivity index (χ1n) is 12.2. The second-order valence-electron chi connectivity index (χ2n) is 9.12. The lowest BCUT2D eigenvalue weighted by Crippen LogP contribution is -2.39. The number of hydrogen-bond acceptors (Lipinski definition) is 7. The van der Waals surface area contributed by atoms with Gasteiger partial charge in [-0.15, -0.1) is 0 Å². The van der Waals surface area contributed by atoms with E-state index in [1.807, 2.05) is 49.3 Å². The van der Waals surface area contributed by atoms with Gasteiger partial charge in [0.05, 0.1) is 38.5 Å². The third-order valence-corrected chi connectivity index (χ3v) is 8.07. The minimum atomic E-state index is -0.679. The van der Waals surface area contributed by atoms with E-state index in [9.17, 15) is 9.59 Å². The molecular weight excluding hydrogens is 557 g/mol. The van der Waals surface area contributed by atoms with Crippen molar-refractivity contribution in [1.82, 2.24) is 4.57 Å². The molecule has 0 saturated carbocycles. The summed E-state index contributed by atoms with van der Waals surface area (Å²) in [5.41, 5.74) is 3.13. The van der Waals surface area contributed by atoms with Gasteiger partial charge < -0.3 is 14.1 Å². The van der Waals surface area contributed by atoms with Crippen molar-refractivity contribution in [1.29, 1.82) is 0 Å². The topological polar surface area (TPSA) is 77.0 Å². The predicted octanol–water partition coefficient (Wildman–Crippen LogP) is 5.43. The van der Waals surface area contributed by atoms with Gasteiger partial charge in [0.2, 0.25) is 0 Å². The molecule has 4 aromatic rings. The normalized spacial score (nSPS) is 15.2. The standard InChI is InChI=1S/C29H25Cl2N3O4S/c1-5-37-28(36)25-16(2)32-29-34(26(25)17-6-9-19(10-7-17)33(3)4)27(35)24(39-29)15-20-11-13-23(38-20)18-8-12-21(30)22(31)14-18/h6-15,26H,5H2,1-4H3/b24-15-/t26-/m0/s1. The molecule has 0 saturated heterocycles. The van der Waals surface area contributed by atoms with Crippen molar-refractivity contribution in [2.75, 3.05) is 25.6 Å². The highest BCUT2D eigenvalue weighted by Crippen LogP contribution is 2.32. The summed E-state index contributed by atoms with van der Waals surface area (Å²) in [4.78, 5) is 34.0. The van der Waals surface area contributed by atoms with E-state index >= 15 is 0 Å². The van der Waals surface area contributed by atoms with Crippen molar-refractivity contribution >= 4 is 52.3 Å². The van der Waals surface area contributed by atoms with Crippen molar-refractivity contribution in [3.8, 4) is 11.3 Å². The Morgan fingerprint density at radius 1 is 1.13 bits per heavy atom. The molecule has 0 fully saturated rings. The number of carbonyl (C=O) groups is 1. The van der Waals surface area contributed by atoms with Crippen LogP contribution in [0.3, 0.4) is 0 Å². The van der Waals surface area contributed by atoms with Crippen LogP contribution < -0.4 is 19.8 Å². The summed E-state index contributed by atoms with van der Waals surface area (Å²) >= 11 is 13.4. The van der Waals surface area contributed by atoms with Crippen LogP contribution in [0.4, 0.5) is 5.69 Å². The van der Waals surface area contributed by atoms with Gasteiger partial charge in [-0.1, -0.05) is 46.7 Å². The number of carbonyl (C=O) groups excluding carboxylic acids is 1. The average Bonchev–Trinajstić information content (AvgIpc) is 3.49. The van der Waals surface area contributed by atoms with Crippen LogP contribution in [-0.2, 0) is 9.53 Å². The van der Waals surface area contributed by atoms with Crippen LogP contribution in [0.2, 0.25) is 10.0 Å². The van der Waals surface area contributed by atoms with Gasteiger partial charge >= 0.3 is 5.97 Å². The highest BCUT2D eigenvalue weighted by atomic mass is 35.5. The molecule has 10 heteroatoms. The molecule has 0 aliphatic carbocycles. The number of rotatable bonds is 6. The molecule has 2 aromatic carbocycles. The number of ether oxygens (including phenoxy) is 1. The molecule has 0 bridgehead atoms. The Hall–Kier alpha value is -3.59. The number of hydrogen-bond donors (Lipinski definition) is 0. The first kappa shape index (κ1) is 27.0. The number of allylic oxidation sites excluding steroid dienone is 1. The fraction of sp³-hybridized carbons (Fsp3) is 0.207. The molecule has 0 amide bonds. The fourth-order valence-corrected chi connectivity index (χ4v) is 5.75. The zero-order valence-electron chi connectivity index (χ0n) is 21.7. The van der Waals surface area contributed by atoms with Crippen LogP contribution in [0.15, 0.2) is 80.1 Å². The molecule has 1 atom stereocenters. The van der Waals surface area contributed by atoms with Gasteiger partial charge in [0.15, 0.2) is 4.80 Å². The largest absolute Gasteiger partial charge is 0.463 e. The number of thiazole rings is 1. The molecule has 0 unspecified atom stereocenters. The summed E-state index contributed by atoms with van der Waals surface area (Å²) in [5, 5.41) is 0.878. The van der Waals surface area contributed by atoms with Crippen LogP contribution >= 0.6 is 34.5 Å². The van der Waals surface area contributed by atoms with Gasteiger partial charge in [-0.05, 0) is 61.9 Å². The monoisotopic (exact) mass is 581 g/mol. The van der Waals surface area contributed by atoms with E-state index in [4.69, 9.17) is 32.4 Å². The summed E-state index contributed by atoms with van der Waals surface area (Å²) in [6.07, 6.45) is 1.68. The van der Waals surface area contributed by atoms with E-state index in [0.717, 1.165) is 16.8 Å². The lowest BCUT2D eigenvalue weighted by atomic mass is 9.95. The molecule has 0 spiro atoms. The number of furan rings is 1. The highest BCUT2D eigenvalue weighted by molar-refractivity contribution is 7.07. The number of benzene rings is 2. The Kier molecular flexibility index (Phi) is 7.53. The summed E-state index contributed by atoms with van der Waals surface area (Å²) < 4.78 is 13.3. The van der Waals surface area contributed by atoms with Crippen molar-refractivity contribution in [3.05, 3.63) is 107 Å². The first-order valence-corrected chi connectivity index (χ1v) is 13.8. The third-order valence-electron chi connectivity index (χ3n) is 6.35. The molecule has 1 aliphatic heterocycles. The van der Waals surface area contributed by atoms with Crippen molar-refractivity contribution in [2.45, 2.75) is 19.9 Å². The molecule has 200 valence electrons. The molecule has 1 aliphatic rings. The minimum Gasteiger partial charge on any atom is -0.463 e. The second-order valence-corrected chi connectivity index (χ2v) is 10.9. The zero-order chi connectivity index (χ0) is 27.8. The Labute approximate surface area is 238 Å². The van der Waals surface area contributed by atoms with Crippen molar-refractivity contribution < 1.29 is 13.9 Å². The van der Waals surface area contributed by atoms with Gasteiger partial charge in [-0.2, -0.15) is 0 Å². The molecular formula is C29H25Cl2N3O4S. The zero-order valence-corrected chi connectivity index (χ0v) is 24.0. The highest BCUT2D eigenvalue weighted by Gasteiger charge is 2.33. The smallest absolute Gasteiger partial charge is 0.338 e. The van der Waals surface area contributed by atoms with Gasteiger partial charge in [-0.25, -0.2) is 9.79 Å². The Bertz CT molecular complexity index is 1780. The van der Waals surface area contributed by atoms with E-state index in [0.29, 0.717) is 42.2 Å².